The summed E-state index contributed by atoms with van der Waals surface area (Å²) in [5.74, 6) is -0.236. The fourth-order valence-electron chi connectivity index (χ4n) is 3.18. The fraction of sp³-hybridized carbons (Fsp3) is 0.0455. The Morgan fingerprint density at radius 3 is 2.45 bits per heavy atom. The van der Waals surface area contributed by atoms with Gasteiger partial charge in [0.15, 0.2) is 11.5 Å². The van der Waals surface area contributed by atoms with Crippen LogP contribution >= 0.6 is 0 Å². The molecule has 0 spiro atoms. The molecule has 1 unspecified atom stereocenters. The highest BCUT2D eigenvalue weighted by Crippen LogP contribution is 2.18. The van der Waals surface area contributed by atoms with E-state index >= 15 is 0 Å². The number of anilines is 1. The number of fused-ring (bicyclic) bond motifs is 1. The Morgan fingerprint density at radius 1 is 1.00 bits per heavy atom. The highest BCUT2D eigenvalue weighted by molar-refractivity contribution is 5.89. The van der Waals surface area contributed by atoms with Crippen LogP contribution in [-0.2, 0) is 4.79 Å². The molecule has 0 aliphatic heterocycles. The van der Waals surface area contributed by atoms with Crippen LogP contribution in [0.5, 0.6) is 0 Å². The van der Waals surface area contributed by atoms with Crippen molar-refractivity contribution in [1.29, 1.82) is 0 Å². The monoisotopic (exact) mass is 417 g/mol. The van der Waals surface area contributed by atoms with Crippen LogP contribution in [0.4, 0.5) is 11.4 Å². The second-order valence-corrected chi connectivity index (χ2v) is 6.70. The van der Waals surface area contributed by atoms with Crippen LogP contribution in [-0.4, -0.2) is 27.3 Å². The molecule has 156 valence electrons. The third kappa shape index (κ3) is 4.28. The average molecular weight is 417 g/mol. The normalized spacial score (nSPS) is 11.8. The minimum atomic E-state index is -1.11. The molecule has 0 aliphatic carbocycles. The zero-order chi connectivity index (χ0) is 21.8. The van der Waals surface area contributed by atoms with Crippen LogP contribution in [0.3, 0.4) is 0 Å². The number of amides is 1. The Balaban J connectivity index is 1.65. The summed E-state index contributed by atoms with van der Waals surface area (Å²) < 4.78 is 1.12. The third-order valence-corrected chi connectivity index (χ3v) is 4.64. The summed E-state index contributed by atoms with van der Waals surface area (Å²) in [7, 11) is 0. The Hall–Kier alpha value is -4.05. The molecular formula is C22H19N5O4. The molecule has 0 saturated heterocycles. The molecule has 0 fully saturated rings. The number of nitrogens with one attached hydrogen (secondary N) is 3. The maximum absolute atomic E-state index is 13.1. The molecule has 1 aromatic heterocycles. The fourth-order valence-corrected chi connectivity index (χ4v) is 3.18. The van der Waals surface area contributed by atoms with E-state index in [0.29, 0.717) is 28.0 Å². The molecule has 31 heavy (non-hydrogen) atoms. The minimum Gasteiger partial charge on any atom is -0.595 e. The van der Waals surface area contributed by atoms with Gasteiger partial charge in [0.25, 0.3) is 11.5 Å². The summed E-state index contributed by atoms with van der Waals surface area (Å²) in [5, 5.41) is 22.7. The van der Waals surface area contributed by atoms with Gasteiger partial charge in [0.05, 0.1) is 23.1 Å². The first-order valence-electron chi connectivity index (χ1n) is 9.48. The van der Waals surface area contributed by atoms with Crippen LogP contribution in [0.2, 0.25) is 0 Å². The summed E-state index contributed by atoms with van der Waals surface area (Å²) in [6.07, 6.45) is 0. The van der Waals surface area contributed by atoms with Gasteiger partial charge in [-0.2, -0.15) is 9.90 Å². The molecule has 0 aliphatic rings. The number of para-hydroxylation sites is 3. The number of quaternary nitrogens is 1. The van der Waals surface area contributed by atoms with E-state index in [1.54, 1.807) is 54.6 Å². The van der Waals surface area contributed by atoms with Crippen molar-refractivity contribution in [3.63, 3.8) is 0 Å². The zero-order valence-electron chi connectivity index (χ0n) is 16.3. The number of carbonyl (C=O) groups excluding carboxylic acids is 1. The topological polar surface area (TPSA) is 124 Å². The highest BCUT2D eigenvalue weighted by Gasteiger charge is 2.15. The standard InChI is InChI=1S/C22H19N5O4/c28-20(14-23-18-12-6-7-13-19(18)27(30)31)25-26-21(15-8-2-1-3-9-15)24-17-11-5-4-10-16(17)22(26)29/h1-13,23,27,30H,14H2,(H,25,28). The molecule has 0 saturated carbocycles. The quantitative estimate of drug-likeness (QED) is 0.354. The van der Waals surface area contributed by atoms with Gasteiger partial charge in [-0.15, -0.1) is 0 Å². The van der Waals surface area contributed by atoms with E-state index in [-0.39, 0.29) is 12.2 Å². The van der Waals surface area contributed by atoms with Crippen molar-refractivity contribution in [3.8, 4) is 11.4 Å². The van der Waals surface area contributed by atoms with Crippen LogP contribution in [0.1, 0.15) is 0 Å². The Bertz CT molecular complexity index is 1290. The van der Waals surface area contributed by atoms with Crippen LogP contribution in [0.25, 0.3) is 22.3 Å². The number of benzene rings is 3. The van der Waals surface area contributed by atoms with Crippen LogP contribution < -0.4 is 21.5 Å². The number of hydrogen-bond donors (Lipinski definition) is 4. The van der Waals surface area contributed by atoms with Gasteiger partial charge in [-0.1, -0.05) is 54.6 Å². The van der Waals surface area contributed by atoms with E-state index in [4.69, 9.17) is 0 Å². The van der Waals surface area contributed by atoms with Crippen molar-refractivity contribution in [2.45, 2.75) is 0 Å². The number of rotatable bonds is 6. The van der Waals surface area contributed by atoms with Gasteiger partial charge in [0.1, 0.15) is 0 Å². The molecule has 3 aromatic carbocycles. The van der Waals surface area contributed by atoms with Gasteiger partial charge < -0.3 is 10.5 Å². The molecule has 1 atom stereocenters. The van der Waals surface area contributed by atoms with Gasteiger partial charge in [0.2, 0.25) is 0 Å². The van der Waals surface area contributed by atoms with E-state index < -0.39 is 16.7 Å². The lowest BCUT2D eigenvalue weighted by molar-refractivity contribution is -0.990. The number of aromatic nitrogens is 2. The summed E-state index contributed by atoms with van der Waals surface area (Å²) in [6, 6.07) is 22.2. The first-order chi connectivity index (χ1) is 15.0. The number of nitrogens with zero attached hydrogens (tertiary/aromatic N) is 2. The van der Waals surface area contributed by atoms with Crippen molar-refractivity contribution in [3.05, 3.63) is 94.4 Å². The lowest BCUT2D eigenvalue weighted by Gasteiger charge is -2.17. The van der Waals surface area contributed by atoms with Gasteiger partial charge in [-0.25, -0.2) is 10.2 Å². The smallest absolute Gasteiger partial charge is 0.280 e. The molecular weight excluding hydrogens is 398 g/mol. The van der Waals surface area contributed by atoms with Crippen molar-refractivity contribution >= 4 is 28.2 Å². The lowest BCUT2D eigenvalue weighted by Crippen LogP contribution is -2.99. The molecule has 4 aromatic rings. The third-order valence-electron chi connectivity index (χ3n) is 4.64. The van der Waals surface area contributed by atoms with E-state index in [2.05, 4.69) is 15.7 Å². The Labute approximate surface area is 176 Å². The number of hydrogen-bond acceptors (Lipinski definition) is 6. The Kier molecular flexibility index (Phi) is 5.72. The van der Waals surface area contributed by atoms with Crippen molar-refractivity contribution in [2.24, 2.45) is 0 Å². The Morgan fingerprint density at radius 2 is 1.68 bits per heavy atom. The summed E-state index contributed by atoms with van der Waals surface area (Å²) in [5.41, 5.74) is 3.70. The van der Waals surface area contributed by atoms with E-state index in [1.807, 2.05) is 18.2 Å². The minimum absolute atomic E-state index is 0.0461. The second-order valence-electron chi connectivity index (χ2n) is 6.70. The lowest BCUT2D eigenvalue weighted by atomic mass is 10.2. The maximum atomic E-state index is 13.1. The predicted octanol–water partition coefficient (Wildman–Crippen LogP) is 1.65. The second kappa shape index (κ2) is 8.76. The summed E-state index contributed by atoms with van der Waals surface area (Å²) in [4.78, 5) is 30.3. The largest absolute Gasteiger partial charge is 0.595 e. The predicted molar refractivity (Wildman–Crippen MR) is 117 cm³/mol. The molecule has 4 N–H and O–H groups in total. The SMILES string of the molecule is O=C(CNc1ccccc1[NH+]([O-])O)Nn1c(-c2ccccc2)nc2ccccc2c1=O. The molecule has 4 rings (SSSR count). The first-order valence-corrected chi connectivity index (χ1v) is 9.48. The summed E-state index contributed by atoms with van der Waals surface area (Å²) in [6.45, 7) is -0.238. The molecule has 1 amide bonds. The molecule has 9 nitrogen and oxygen atoms in total. The van der Waals surface area contributed by atoms with E-state index in [0.717, 1.165) is 4.68 Å². The van der Waals surface area contributed by atoms with Gasteiger partial charge in [0, 0.05) is 11.6 Å². The average Bonchev–Trinajstić information content (AvgIpc) is 2.80. The first kappa shape index (κ1) is 20.2. The van der Waals surface area contributed by atoms with Crippen LogP contribution in [0, 0.1) is 5.21 Å². The molecule has 0 bridgehead atoms. The highest BCUT2D eigenvalue weighted by atomic mass is 16.8. The number of carbonyl (C=O) groups is 1. The maximum Gasteiger partial charge on any atom is 0.280 e. The molecule has 0 radical (unpaired) electrons. The van der Waals surface area contributed by atoms with Crippen molar-refractivity contribution in [1.82, 2.24) is 9.66 Å². The summed E-state index contributed by atoms with van der Waals surface area (Å²) >= 11 is 0. The van der Waals surface area contributed by atoms with Gasteiger partial charge >= 0.3 is 0 Å². The molecule has 9 heteroatoms. The van der Waals surface area contributed by atoms with Crippen molar-refractivity contribution in [2.75, 3.05) is 17.3 Å². The zero-order valence-corrected chi connectivity index (χ0v) is 16.3. The van der Waals surface area contributed by atoms with Crippen LogP contribution in [0.15, 0.2) is 83.7 Å². The molecule has 1 heterocycles. The van der Waals surface area contributed by atoms with Crippen molar-refractivity contribution < 1.29 is 15.2 Å². The van der Waals surface area contributed by atoms with Gasteiger partial charge in [-0.05, 0) is 18.2 Å². The van der Waals surface area contributed by atoms with Gasteiger partial charge in [-0.3, -0.25) is 15.0 Å². The van der Waals surface area contributed by atoms with E-state index in [1.165, 1.54) is 6.07 Å². The van der Waals surface area contributed by atoms with E-state index in [9.17, 15) is 20.0 Å².